The van der Waals surface area contributed by atoms with E-state index in [0.29, 0.717) is 6.61 Å². The number of methoxy groups -OCH3 is 2. The molecule has 0 aliphatic carbocycles. The minimum Gasteiger partial charge on any atom is -0.396 e. The Morgan fingerprint density at radius 3 is 2.12 bits per heavy atom. The van der Waals surface area contributed by atoms with Gasteiger partial charge in [0, 0.05) is 40.5 Å². The topological polar surface area (TPSA) is 41.9 Å². The number of rotatable bonds is 12. The molecule has 4 heteroatoms. The van der Waals surface area contributed by atoms with Gasteiger partial charge in [-0.05, 0) is 32.2 Å². The van der Waals surface area contributed by atoms with Crippen molar-refractivity contribution in [1.29, 1.82) is 0 Å². The van der Waals surface area contributed by atoms with Crippen LogP contribution < -0.4 is 0 Å². The van der Waals surface area contributed by atoms with Crippen molar-refractivity contribution in [3.05, 3.63) is 0 Å². The normalized spacial score (nSPS) is 11.2. The number of nitrogens with zero attached hydrogens (tertiary/aromatic N) is 1. The van der Waals surface area contributed by atoms with Crippen molar-refractivity contribution in [3.63, 3.8) is 0 Å². The SMILES string of the molecule is COCCCN(CCCCCO)CCOC. The summed E-state index contributed by atoms with van der Waals surface area (Å²) in [6.07, 6.45) is 4.23. The van der Waals surface area contributed by atoms with Crippen LogP contribution in [0.5, 0.6) is 0 Å². The Morgan fingerprint density at radius 1 is 0.812 bits per heavy atom. The van der Waals surface area contributed by atoms with Crippen molar-refractivity contribution >= 4 is 0 Å². The van der Waals surface area contributed by atoms with Gasteiger partial charge in [0.2, 0.25) is 0 Å². The van der Waals surface area contributed by atoms with Crippen LogP contribution in [0.15, 0.2) is 0 Å². The molecule has 0 aromatic carbocycles. The molecule has 0 atom stereocenters. The summed E-state index contributed by atoms with van der Waals surface area (Å²) in [5.41, 5.74) is 0. The van der Waals surface area contributed by atoms with Gasteiger partial charge in [0.15, 0.2) is 0 Å². The van der Waals surface area contributed by atoms with Gasteiger partial charge in [0.1, 0.15) is 0 Å². The summed E-state index contributed by atoms with van der Waals surface area (Å²) in [6, 6.07) is 0. The molecule has 0 saturated heterocycles. The molecule has 0 unspecified atom stereocenters. The number of aliphatic hydroxyl groups excluding tert-OH is 1. The Kier molecular flexibility index (Phi) is 12.8. The zero-order chi connectivity index (χ0) is 12.1. The first-order valence-corrected chi connectivity index (χ1v) is 6.16. The van der Waals surface area contributed by atoms with Gasteiger partial charge in [-0.3, -0.25) is 0 Å². The quantitative estimate of drug-likeness (QED) is 0.513. The standard InChI is InChI=1S/C12H27NO3/c1-15-11-6-8-13(9-12-16-2)7-4-3-5-10-14/h14H,3-12H2,1-2H3. The van der Waals surface area contributed by atoms with Crippen LogP contribution in [0.3, 0.4) is 0 Å². The molecule has 0 aromatic heterocycles. The van der Waals surface area contributed by atoms with Crippen molar-refractivity contribution in [2.75, 3.05) is 53.7 Å². The minimum atomic E-state index is 0.307. The summed E-state index contributed by atoms with van der Waals surface area (Å²) < 4.78 is 10.1. The van der Waals surface area contributed by atoms with Gasteiger partial charge < -0.3 is 19.5 Å². The lowest BCUT2D eigenvalue weighted by molar-refractivity contribution is 0.131. The fraction of sp³-hybridized carbons (Fsp3) is 1.00. The monoisotopic (exact) mass is 233 g/mol. The third-order valence-electron chi connectivity index (χ3n) is 2.57. The van der Waals surface area contributed by atoms with E-state index in [-0.39, 0.29) is 0 Å². The molecule has 0 heterocycles. The number of hydrogen-bond donors (Lipinski definition) is 1. The van der Waals surface area contributed by atoms with E-state index in [1.807, 2.05) is 0 Å². The third-order valence-corrected chi connectivity index (χ3v) is 2.57. The van der Waals surface area contributed by atoms with Crippen molar-refractivity contribution in [3.8, 4) is 0 Å². The number of ether oxygens (including phenoxy) is 2. The Morgan fingerprint density at radius 2 is 1.50 bits per heavy atom. The van der Waals surface area contributed by atoms with Gasteiger partial charge in [-0.25, -0.2) is 0 Å². The Balaban J connectivity index is 3.54. The molecule has 0 aliphatic heterocycles. The molecule has 16 heavy (non-hydrogen) atoms. The first-order chi connectivity index (χ1) is 7.85. The molecule has 1 N–H and O–H groups in total. The maximum Gasteiger partial charge on any atom is 0.0589 e. The highest BCUT2D eigenvalue weighted by atomic mass is 16.5. The molecule has 0 bridgehead atoms. The molecule has 0 aromatic rings. The highest BCUT2D eigenvalue weighted by Gasteiger charge is 2.03. The molecular weight excluding hydrogens is 206 g/mol. The molecule has 0 spiro atoms. The fourth-order valence-corrected chi connectivity index (χ4v) is 1.61. The second kappa shape index (κ2) is 12.9. The predicted octanol–water partition coefficient (Wildman–Crippen LogP) is 1.13. The summed E-state index contributed by atoms with van der Waals surface area (Å²) in [5.74, 6) is 0. The molecule has 0 fully saturated rings. The Bertz CT molecular complexity index is 133. The maximum atomic E-state index is 8.70. The van der Waals surface area contributed by atoms with Crippen LogP contribution in [0.2, 0.25) is 0 Å². The lowest BCUT2D eigenvalue weighted by Crippen LogP contribution is -2.30. The molecule has 98 valence electrons. The van der Waals surface area contributed by atoms with E-state index in [9.17, 15) is 0 Å². The number of aliphatic hydroxyl groups is 1. The molecule has 0 amide bonds. The van der Waals surface area contributed by atoms with Gasteiger partial charge in [-0.1, -0.05) is 0 Å². The molecular formula is C12H27NO3. The second-order valence-electron chi connectivity index (χ2n) is 3.97. The van der Waals surface area contributed by atoms with Crippen LogP contribution in [-0.4, -0.2) is 63.7 Å². The van der Waals surface area contributed by atoms with Gasteiger partial charge in [0.25, 0.3) is 0 Å². The summed E-state index contributed by atoms with van der Waals surface area (Å²) in [6.45, 7) is 5.05. The average molecular weight is 233 g/mol. The first-order valence-electron chi connectivity index (χ1n) is 6.16. The van der Waals surface area contributed by atoms with Crippen LogP contribution in [-0.2, 0) is 9.47 Å². The molecule has 0 aliphatic rings. The largest absolute Gasteiger partial charge is 0.396 e. The van der Waals surface area contributed by atoms with Gasteiger partial charge in [0.05, 0.1) is 6.61 Å². The van der Waals surface area contributed by atoms with Crippen molar-refractivity contribution in [2.24, 2.45) is 0 Å². The average Bonchev–Trinajstić information content (AvgIpc) is 2.31. The van der Waals surface area contributed by atoms with E-state index in [1.54, 1.807) is 14.2 Å². The lowest BCUT2D eigenvalue weighted by atomic mass is 10.2. The van der Waals surface area contributed by atoms with Crippen LogP contribution in [0, 0.1) is 0 Å². The highest BCUT2D eigenvalue weighted by molar-refractivity contribution is 4.58. The van der Waals surface area contributed by atoms with E-state index >= 15 is 0 Å². The van der Waals surface area contributed by atoms with E-state index in [4.69, 9.17) is 14.6 Å². The van der Waals surface area contributed by atoms with Crippen LogP contribution >= 0.6 is 0 Å². The van der Waals surface area contributed by atoms with E-state index in [2.05, 4.69) is 4.90 Å². The third kappa shape index (κ3) is 10.4. The summed E-state index contributed by atoms with van der Waals surface area (Å²) in [5, 5.41) is 8.70. The zero-order valence-corrected chi connectivity index (χ0v) is 10.8. The molecule has 0 saturated carbocycles. The summed E-state index contributed by atoms with van der Waals surface area (Å²) >= 11 is 0. The second-order valence-corrected chi connectivity index (χ2v) is 3.97. The van der Waals surface area contributed by atoms with Gasteiger partial charge in [-0.2, -0.15) is 0 Å². The van der Waals surface area contributed by atoms with E-state index in [0.717, 1.165) is 58.5 Å². The smallest absolute Gasteiger partial charge is 0.0589 e. The Hall–Kier alpha value is -0.160. The molecule has 0 rings (SSSR count). The number of unbranched alkanes of at least 4 members (excludes halogenated alkanes) is 2. The van der Waals surface area contributed by atoms with E-state index < -0.39 is 0 Å². The first kappa shape index (κ1) is 15.8. The number of hydrogen-bond acceptors (Lipinski definition) is 4. The van der Waals surface area contributed by atoms with Crippen molar-refractivity contribution < 1.29 is 14.6 Å². The minimum absolute atomic E-state index is 0.307. The lowest BCUT2D eigenvalue weighted by Gasteiger charge is -2.21. The van der Waals surface area contributed by atoms with E-state index in [1.165, 1.54) is 0 Å². The van der Waals surface area contributed by atoms with Crippen molar-refractivity contribution in [2.45, 2.75) is 25.7 Å². The van der Waals surface area contributed by atoms with Crippen LogP contribution in [0.25, 0.3) is 0 Å². The predicted molar refractivity (Wildman–Crippen MR) is 65.7 cm³/mol. The Labute approximate surface area is 99.5 Å². The molecule has 4 nitrogen and oxygen atoms in total. The summed E-state index contributed by atoms with van der Waals surface area (Å²) in [7, 11) is 3.47. The zero-order valence-electron chi connectivity index (χ0n) is 10.8. The highest BCUT2D eigenvalue weighted by Crippen LogP contribution is 2.00. The van der Waals surface area contributed by atoms with Crippen LogP contribution in [0.1, 0.15) is 25.7 Å². The van der Waals surface area contributed by atoms with Crippen molar-refractivity contribution in [1.82, 2.24) is 4.90 Å². The van der Waals surface area contributed by atoms with Gasteiger partial charge in [-0.15, -0.1) is 0 Å². The van der Waals surface area contributed by atoms with Crippen LogP contribution in [0.4, 0.5) is 0 Å². The summed E-state index contributed by atoms with van der Waals surface area (Å²) in [4.78, 5) is 2.40. The maximum absolute atomic E-state index is 8.70. The van der Waals surface area contributed by atoms with Gasteiger partial charge >= 0.3 is 0 Å². The fourth-order valence-electron chi connectivity index (χ4n) is 1.61. The molecule has 0 radical (unpaired) electrons.